The highest BCUT2D eigenvalue weighted by Gasteiger charge is 2.28. The van der Waals surface area contributed by atoms with Crippen LogP contribution in [0.5, 0.6) is 17.2 Å². The molecule has 0 aliphatic heterocycles. The van der Waals surface area contributed by atoms with Crippen LogP contribution in [0.2, 0.25) is 0 Å². The Labute approximate surface area is 192 Å². The summed E-state index contributed by atoms with van der Waals surface area (Å²) in [5.74, 6) is -7.99. The van der Waals surface area contributed by atoms with Crippen LogP contribution in [-0.4, -0.2) is 33.0 Å². The molecule has 0 amide bonds. The van der Waals surface area contributed by atoms with Gasteiger partial charge in [0, 0.05) is 18.2 Å². The largest absolute Gasteiger partial charge is 0.507 e. The predicted molar refractivity (Wildman–Crippen MR) is 115 cm³/mol. The van der Waals surface area contributed by atoms with Gasteiger partial charge in [-0.2, -0.15) is 0 Å². The molecule has 7 nitrogen and oxygen atoms in total. The molecule has 34 heavy (non-hydrogen) atoms. The average molecular weight is 477 g/mol. The molecule has 10 heteroatoms. The van der Waals surface area contributed by atoms with Crippen molar-refractivity contribution in [2.24, 2.45) is 0 Å². The molecule has 0 aliphatic carbocycles. The minimum Gasteiger partial charge on any atom is -0.507 e. The van der Waals surface area contributed by atoms with Crippen molar-refractivity contribution in [2.45, 2.75) is 32.2 Å². The molecule has 180 valence electrons. The fraction of sp³-hybridized carbons (Fsp3) is 0.250. The zero-order valence-electron chi connectivity index (χ0n) is 18.3. The zero-order chi connectivity index (χ0) is 25.2. The van der Waals surface area contributed by atoms with Gasteiger partial charge in [-0.05, 0) is 54.8 Å². The second kappa shape index (κ2) is 9.90. The number of ether oxygens (including phenoxy) is 1. The van der Waals surface area contributed by atoms with E-state index in [0.717, 1.165) is 7.11 Å². The summed E-state index contributed by atoms with van der Waals surface area (Å²) in [7, 11) is 1.09. The lowest BCUT2D eigenvalue weighted by Crippen LogP contribution is -2.29. The monoisotopic (exact) mass is 477 g/mol. The number of aromatic nitrogens is 1. The highest BCUT2D eigenvalue weighted by Crippen LogP contribution is 2.34. The molecule has 0 radical (unpaired) electrons. The van der Waals surface area contributed by atoms with Gasteiger partial charge in [-0.3, -0.25) is 9.59 Å². The molecule has 0 saturated carbocycles. The number of phenols is 2. The van der Waals surface area contributed by atoms with E-state index in [1.165, 1.54) is 22.8 Å². The van der Waals surface area contributed by atoms with E-state index in [4.69, 9.17) is 0 Å². The van der Waals surface area contributed by atoms with Gasteiger partial charge in [0.15, 0.2) is 29.0 Å². The number of nitrogens with zero attached hydrogens (tertiary/aromatic N) is 1. The molecule has 0 bridgehead atoms. The summed E-state index contributed by atoms with van der Waals surface area (Å²) in [6.45, 7) is 1.64. The van der Waals surface area contributed by atoms with Gasteiger partial charge in [-0.15, -0.1) is 0 Å². The Bertz CT molecular complexity index is 1280. The molecule has 1 unspecified atom stereocenters. The smallest absolute Gasteiger partial charge is 0.306 e. The summed E-state index contributed by atoms with van der Waals surface area (Å²) < 4.78 is 47.3. The summed E-state index contributed by atoms with van der Waals surface area (Å²) in [5.41, 5.74) is -0.296. The number of carbonyl (C=O) groups excluding carboxylic acids is 1. The van der Waals surface area contributed by atoms with Gasteiger partial charge in [0.1, 0.15) is 5.75 Å². The SMILES string of the molecule is COC(=O)CC(c1cc(F)c(F)c(F)c1)c1c(O)cc(C)n(CCc2ccc(O)c(O)c2)c1=O. The second-order valence-corrected chi connectivity index (χ2v) is 7.75. The summed E-state index contributed by atoms with van der Waals surface area (Å²) in [4.78, 5) is 25.4. The van der Waals surface area contributed by atoms with Gasteiger partial charge in [0.25, 0.3) is 5.56 Å². The Morgan fingerprint density at radius 3 is 2.24 bits per heavy atom. The topological polar surface area (TPSA) is 109 Å². The maximum absolute atomic E-state index is 13.9. The molecule has 1 heterocycles. The second-order valence-electron chi connectivity index (χ2n) is 7.75. The summed E-state index contributed by atoms with van der Waals surface area (Å²) in [6, 6.07) is 6.78. The molecule has 0 spiro atoms. The summed E-state index contributed by atoms with van der Waals surface area (Å²) >= 11 is 0. The maximum Gasteiger partial charge on any atom is 0.306 e. The summed E-state index contributed by atoms with van der Waals surface area (Å²) in [5, 5.41) is 29.7. The van der Waals surface area contributed by atoms with Crippen molar-refractivity contribution in [3.8, 4) is 17.2 Å². The van der Waals surface area contributed by atoms with Crippen molar-refractivity contribution in [3.63, 3.8) is 0 Å². The number of aromatic hydroxyl groups is 3. The van der Waals surface area contributed by atoms with Crippen LogP contribution in [0.3, 0.4) is 0 Å². The predicted octanol–water partition coefficient (Wildman–Crippen LogP) is 3.63. The molecule has 0 fully saturated rings. The lowest BCUT2D eigenvalue weighted by atomic mass is 9.88. The Morgan fingerprint density at radius 2 is 1.65 bits per heavy atom. The third kappa shape index (κ3) is 5.00. The highest BCUT2D eigenvalue weighted by molar-refractivity contribution is 5.71. The maximum atomic E-state index is 13.9. The number of hydrogen-bond donors (Lipinski definition) is 3. The van der Waals surface area contributed by atoms with E-state index in [9.17, 15) is 38.1 Å². The number of methoxy groups -OCH3 is 1. The number of phenolic OH excluding ortho intramolecular Hbond substituents is 2. The van der Waals surface area contributed by atoms with Crippen molar-refractivity contribution in [1.29, 1.82) is 0 Å². The number of esters is 1. The molecule has 0 saturated heterocycles. The lowest BCUT2D eigenvalue weighted by Gasteiger charge is -2.21. The van der Waals surface area contributed by atoms with Crippen LogP contribution in [-0.2, 0) is 22.5 Å². The van der Waals surface area contributed by atoms with Gasteiger partial charge in [-0.1, -0.05) is 6.07 Å². The minimum absolute atomic E-state index is 0.0826. The van der Waals surface area contributed by atoms with E-state index in [-0.39, 0.29) is 35.6 Å². The van der Waals surface area contributed by atoms with E-state index >= 15 is 0 Å². The van der Waals surface area contributed by atoms with Crippen LogP contribution in [0.1, 0.15) is 34.7 Å². The first kappa shape index (κ1) is 24.7. The Kier molecular flexibility index (Phi) is 7.19. The van der Waals surface area contributed by atoms with E-state index in [1.54, 1.807) is 13.0 Å². The van der Waals surface area contributed by atoms with Crippen LogP contribution in [0.4, 0.5) is 13.2 Å². The third-order valence-electron chi connectivity index (χ3n) is 5.54. The van der Waals surface area contributed by atoms with Crippen molar-refractivity contribution in [2.75, 3.05) is 7.11 Å². The number of rotatable bonds is 7. The number of halogens is 3. The number of benzene rings is 2. The Morgan fingerprint density at radius 1 is 1.00 bits per heavy atom. The molecule has 2 aromatic carbocycles. The quantitative estimate of drug-likeness (QED) is 0.273. The molecule has 3 aromatic rings. The fourth-order valence-electron chi connectivity index (χ4n) is 3.75. The van der Waals surface area contributed by atoms with E-state index in [1.807, 2.05) is 0 Å². The van der Waals surface area contributed by atoms with Gasteiger partial charge in [0.2, 0.25) is 0 Å². The van der Waals surface area contributed by atoms with Crippen molar-refractivity contribution < 1.29 is 38.0 Å². The van der Waals surface area contributed by atoms with E-state index in [0.29, 0.717) is 23.4 Å². The van der Waals surface area contributed by atoms with E-state index < -0.39 is 47.1 Å². The lowest BCUT2D eigenvalue weighted by molar-refractivity contribution is -0.140. The van der Waals surface area contributed by atoms with Gasteiger partial charge >= 0.3 is 5.97 Å². The fourth-order valence-corrected chi connectivity index (χ4v) is 3.75. The molecule has 1 aromatic heterocycles. The number of pyridine rings is 1. The van der Waals surface area contributed by atoms with E-state index in [2.05, 4.69) is 4.74 Å². The van der Waals surface area contributed by atoms with Crippen LogP contribution in [0, 0.1) is 24.4 Å². The minimum atomic E-state index is -1.71. The molecular weight excluding hydrogens is 455 g/mol. The summed E-state index contributed by atoms with van der Waals surface area (Å²) in [6.07, 6.45) is -0.293. The van der Waals surface area contributed by atoms with Gasteiger partial charge < -0.3 is 24.6 Å². The molecule has 3 N–H and O–H groups in total. The van der Waals surface area contributed by atoms with Crippen molar-refractivity contribution in [1.82, 2.24) is 4.57 Å². The van der Waals surface area contributed by atoms with Crippen molar-refractivity contribution >= 4 is 5.97 Å². The van der Waals surface area contributed by atoms with Crippen LogP contribution in [0.15, 0.2) is 41.2 Å². The van der Waals surface area contributed by atoms with Crippen LogP contribution < -0.4 is 5.56 Å². The molecular formula is C24H22F3NO6. The molecule has 0 aliphatic rings. The number of aryl methyl sites for hydroxylation is 2. The number of carbonyl (C=O) groups is 1. The average Bonchev–Trinajstić information content (AvgIpc) is 2.78. The molecule has 1 atom stereocenters. The standard InChI is InChI=1S/C24H22F3NO6/c1-12-7-20(31)22(24(33)28(12)6-5-13-3-4-18(29)19(30)8-13)15(11-21(32)34-2)14-9-16(25)23(27)17(26)10-14/h3-4,7-10,15,29-31H,5-6,11H2,1-2H3. The van der Waals surface area contributed by atoms with Gasteiger partial charge in [-0.25, -0.2) is 13.2 Å². The number of hydrogen-bond acceptors (Lipinski definition) is 6. The normalized spacial score (nSPS) is 11.9. The Hall–Kier alpha value is -3.95. The first-order chi connectivity index (χ1) is 16.0. The third-order valence-corrected chi connectivity index (χ3v) is 5.54. The van der Waals surface area contributed by atoms with Crippen molar-refractivity contribution in [3.05, 3.63) is 86.6 Å². The Balaban J connectivity index is 2.09. The van der Waals surface area contributed by atoms with Crippen LogP contribution >= 0.6 is 0 Å². The first-order valence-electron chi connectivity index (χ1n) is 10.2. The highest BCUT2D eigenvalue weighted by atomic mass is 19.2. The first-order valence-corrected chi connectivity index (χ1v) is 10.2. The zero-order valence-corrected chi connectivity index (χ0v) is 18.3. The van der Waals surface area contributed by atoms with Gasteiger partial charge in [0.05, 0.1) is 19.1 Å². The van der Waals surface area contributed by atoms with Crippen LogP contribution in [0.25, 0.3) is 0 Å². The molecule has 3 rings (SSSR count).